The van der Waals surface area contributed by atoms with E-state index >= 15 is 0 Å². The molecule has 110 valence electrons. The summed E-state index contributed by atoms with van der Waals surface area (Å²) in [6, 6.07) is 5.94. The van der Waals surface area contributed by atoms with Crippen LogP contribution >= 0.6 is 0 Å². The van der Waals surface area contributed by atoms with Gasteiger partial charge in [0.15, 0.2) is 0 Å². The molecule has 2 rings (SSSR count). The number of hydrogen-bond acceptors (Lipinski definition) is 4. The van der Waals surface area contributed by atoms with Gasteiger partial charge in [0.1, 0.15) is 0 Å². The molecule has 0 bridgehead atoms. The summed E-state index contributed by atoms with van der Waals surface area (Å²) < 4.78 is 0. The maximum atomic E-state index is 11.6. The predicted octanol–water partition coefficient (Wildman–Crippen LogP) is 1.37. The molecule has 0 spiro atoms. The van der Waals surface area contributed by atoms with Crippen LogP contribution in [0.3, 0.4) is 0 Å². The van der Waals surface area contributed by atoms with Crippen molar-refractivity contribution < 1.29 is 9.90 Å². The average Bonchev–Trinajstić information content (AvgIpc) is 2.40. The molecule has 1 saturated carbocycles. The molecule has 4 N–H and O–H groups in total. The number of benzene rings is 1. The van der Waals surface area contributed by atoms with E-state index in [-0.39, 0.29) is 12.5 Å². The second kappa shape index (κ2) is 6.61. The largest absolute Gasteiger partial charge is 0.397 e. The van der Waals surface area contributed by atoms with Crippen LogP contribution in [0.4, 0.5) is 11.4 Å². The molecule has 1 aliphatic carbocycles. The molecular formula is C15H23N3O2. The molecule has 0 unspecified atom stereocenters. The maximum absolute atomic E-state index is 11.6. The lowest BCUT2D eigenvalue weighted by Gasteiger charge is -2.40. The molecule has 1 aromatic carbocycles. The third-order valence-corrected chi connectivity index (χ3v) is 3.90. The van der Waals surface area contributed by atoms with Crippen molar-refractivity contribution in [3.8, 4) is 0 Å². The lowest BCUT2D eigenvalue weighted by atomic mass is 9.90. The van der Waals surface area contributed by atoms with Gasteiger partial charge in [-0.1, -0.05) is 0 Å². The van der Waals surface area contributed by atoms with Crippen LogP contribution in [0.5, 0.6) is 0 Å². The lowest BCUT2D eigenvalue weighted by molar-refractivity contribution is 0.0963. The fraction of sp³-hybridized carbons (Fsp3) is 0.533. The summed E-state index contributed by atoms with van der Waals surface area (Å²) in [5.74, 6) is -0.131. The first kappa shape index (κ1) is 14.7. The molecule has 0 radical (unpaired) electrons. The molecule has 1 aromatic rings. The van der Waals surface area contributed by atoms with Gasteiger partial charge in [-0.2, -0.15) is 0 Å². The number of nitrogens with zero attached hydrogens (tertiary/aromatic N) is 1. The molecule has 1 aliphatic rings. The zero-order valence-electron chi connectivity index (χ0n) is 11.9. The van der Waals surface area contributed by atoms with Crippen molar-refractivity contribution in [2.45, 2.75) is 31.7 Å². The van der Waals surface area contributed by atoms with E-state index in [0.717, 1.165) is 18.7 Å². The van der Waals surface area contributed by atoms with Crippen LogP contribution in [0.25, 0.3) is 0 Å². The molecule has 0 heterocycles. The molecule has 1 fully saturated rings. The van der Waals surface area contributed by atoms with E-state index in [4.69, 9.17) is 10.8 Å². The lowest BCUT2D eigenvalue weighted by Crippen LogP contribution is -2.41. The van der Waals surface area contributed by atoms with Crippen LogP contribution in [-0.2, 0) is 0 Å². The highest BCUT2D eigenvalue weighted by atomic mass is 16.3. The number of amides is 1. The SMILES string of the molecule is CNC(=O)c1ccc(N(CCCO)C2CCC2)c(N)c1. The zero-order valence-corrected chi connectivity index (χ0v) is 11.9. The number of aliphatic hydroxyl groups excluding tert-OH is 1. The summed E-state index contributed by atoms with van der Waals surface area (Å²) in [6.45, 7) is 0.976. The van der Waals surface area contributed by atoms with Crippen molar-refractivity contribution in [2.75, 3.05) is 30.8 Å². The summed E-state index contributed by atoms with van der Waals surface area (Å²) in [4.78, 5) is 13.9. The summed E-state index contributed by atoms with van der Waals surface area (Å²) >= 11 is 0. The third-order valence-electron chi connectivity index (χ3n) is 3.90. The normalized spacial score (nSPS) is 14.7. The van der Waals surface area contributed by atoms with E-state index in [1.165, 1.54) is 19.3 Å². The van der Waals surface area contributed by atoms with Crippen LogP contribution < -0.4 is 16.0 Å². The standard InChI is InChI=1S/C15H23N3O2/c1-17-15(20)11-6-7-14(13(16)10-11)18(8-3-9-19)12-4-2-5-12/h6-7,10,12,19H,2-5,8-9,16H2,1H3,(H,17,20). The van der Waals surface area contributed by atoms with Gasteiger partial charge in [0, 0.05) is 31.8 Å². The number of hydrogen-bond donors (Lipinski definition) is 3. The van der Waals surface area contributed by atoms with Gasteiger partial charge in [-0.3, -0.25) is 4.79 Å². The molecule has 5 nitrogen and oxygen atoms in total. The number of rotatable bonds is 6. The van der Waals surface area contributed by atoms with Gasteiger partial charge in [-0.15, -0.1) is 0 Å². The van der Waals surface area contributed by atoms with Gasteiger partial charge >= 0.3 is 0 Å². The highest BCUT2D eigenvalue weighted by Gasteiger charge is 2.26. The summed E-state index contributed by atoms with van der Waals surface area (Å²) in [7, 11) is 1.61. The first-order valence-electron chi connectivity index (χ1n) is 7.16. The topological polar surface area (TPSA) is 78.6 Å². The minimum atomic E-state index is -0.131. The Morgan fingerprint density at radius 1 is 1.50 bits per heavy atom. The van der Waals surface area contributed by atoms with Gasteiger partial charge in [0.25, 0.3) is 5.91 Å². The minimum Gasteiger partial charge on any atom is -0.397 e. The van der Waals surface area contributed by atoms with E-state index in [1.807, 2.05) is 6.07 Å². The van der Waals surface area contributed by atoms with Crippen molar-refractivity contribution in [3.05, 3.63) is 23.8 Å². The Hall–Kier alpha value is -1.75. The van der Waals surface area contributed by atoms with E-state index in [0.29, 0.717) is 17.3 Å². The Bertz CT molecular complexity index is 472. The summed E-state index contributed by atoms with van der Waals surface area (Å²) in [5, 5.41) is 11.6. The number of carbonyl (C=O) groups excluding carboxylic acids is 1. The zero-order chi connectivity index (χ0) is 14.5. The van der Waals surface area contributed by atoms with Gasteiger partial charge < -0.3 is 21.1 Å². The van der Waals surface area contributed by atoms with Crippen molar-refractivity contribution in [1.29, 1.82) is 0 Å². The van der Waals surface area contributed by atoms with Crippen LogP contribution in [0.2, 0.25) is 0 Å². The third kappa shape index (κ3) is 3.04. The quantitative estimate of drug-likeness (QED) is 0.686. The average molecular weight is 277 g/mol. The first-order chi connectivity index (χ1) is 9.67. The second-order valence-electron chi connectivity index (χ2n) is 5.21. The number of nitrogens with one attached hydrogen (secondary N) is 1. The van der Waals surface area contributed by atoms with Crippen molar-refractivity contribution in [1.82, 2.24) is 5.32 Å². The monoisotopic (exact) mass is 277 g/mol. The highest BCUT2D eigenvalue weighted by Crippen LogP contribution is 2.33. The molecule has 0 saturated heterocycles. The summed E-state index contributed by atoms with van der Waals surface area (Å²) in [6.07, 6.45) is 4.31. The van der Waals surface area contributed by atoms with Crippen LogP contribution in [0.1, 0.15) is 36.0 Å². The fourth-order valence-electron chi connectivity index (χ4n) is 2.54. The number of nitrogen functional groups attached to an aromatic ring is 1. The van der Waals surface area contributed by atoms with Gasteiger partial charge in [0.05, 0.1) is 11.4 Å². The minimum absolute atomic E-state index is 0.131. The molecule has 0 aliphatic heterocycles. The first-order valence-corrected chi connectivity index (χ1v) is 7.16. The highest BCUT2D eigenvalue weighted by molar-refractivity contribution is 5.96. The Balaban J connectivity index is 2.21. The van der Waals surface area contributed by atoms with Gasteiger partial charge in [-0.05, 0) is 43.9 Å². The Labute approximate surface area is 119 Å². The number of aliphatic hydroxyl groups is 1. The van der Waals surface area contributed by atoms with E-state index in [2.05, 4.69) is 10.2 Å². The maximum Gasteiger partial charge on any atom is 0.251 e. The van der Waals surface area contributed by atoms with E-state index in [1.54, 1.807) is 19.2 Å². The van der Waals surface area contributed by atoms with Crippen molar-refractivity contribution in [3.63, 3.8) is 0 Å². The Kier molecular flexibility index (Phi) is 4.84. The van der Waals surface area contributed by atoms with Gasteiger partial charge in [0.2, 0.25) is 0 Å². The van der Waals surface area contributed by atoms with Crippen LogP contribution in [-0.4, -0.2) is 37.3 Å². The molecule has 20 heavy (non-hydrogen) atoms. The Morgan fingerprint density at radius 2 is 2.25 bits per heavy atom. The van der Waals surface area contributed by atoms with Crippen LogP contribution in [0, 0.1) is 0 Å². The fourth-order valence-corrected chi connectivity index (χ4v) is 2.54. The Morgan fingerprint density at radius 3 is 2.75 bits per heavy atom. The molecule has 0 atom stereocenters. The summed E-state index contributed by atoms with van der Waals surface area (Å²) in [5.41, 5.74) is 8.28. The van der Waals surface area contributed by atoms with Gasteiger partial charge in [-0.25, -0.2) is 0 Å². The molecule has 1 amide bonds. The van der Waals surface area contributed by atoms with Crippen LogP contribution in [0.15, 0.2) is 18.2 Å². The number of carbonyl (C=O) groups is 1. The second-order valence-corrected chi connectivity index (χ2v) is 5.21. The molecular weight excluding hydrogens is 254 g/mol. The smallest absolute Gasteiger partial charge is 0.251 e. The molecule has 0 aromatic heterocycles. The van der Waals surface area contributed by atoms with E-state index < -0.39 is 0 Å². The van der Waals surface area contributed by atoms with Crippen molar-refractivity contribution >= 4 is 17.3 Å². The number of nitrogens with two attached hydrogens (primary N) is 1. The number of anilines is 2. The molecule has 5 heteroatoms. The van der Waals surface area contributed by atoms with Crippen molar-refractivity contribution in [2.24, 2.45) is 0 Å². The predicted molar refractivity (Wildman–Crippen MR) is 80.9 cm³/mol. The van der Waals surface area contributed by atoms with E-state index in [9.17, 15) is 4.79 Å².